The molecule has 0 N–H and O–H groups in total. The van der Waals surface area contributed by atoms with Crippen LogP contribution in [0.3, 0.4) is 0 Å². The second kappa shape index (κ2) is 4.05. The van der Waals surface area contributed by atoms with Crippen LogP contribution in [0.4, 0.5) is 5.13 Å². The zero-order chi connectivity index (χ0) is 9.10. The zero-order valence-corrected chi connectivity index (χ0v) is 8.76. The van der Waals surface area contributed by atoms with Gasteiger partial charge in [0.05, 0.1) is 0 Å². The summed E-state index contributed by atoms with van der Waals surface area (Å²) in [5.41, 5.74) is 1.80. The van der Waals surface area contributed by atoms with E-state index in [1.54, 1.807) is 16.8 Å². The molecule has 0 aromatic carbocycles. The largest absolute Gasteiger partial charge is 0.347 e. The summed E-state index contributed by atoms with van der Waals surface area (Å²) in [4.78, 5) is 2.29. The van der Waals surface area contributed by atoms with Gasteiger partial charge in [-0.25, -0.2) is 0 Å². The number of hydrogen-bond donors (Lipinski definition) is 0. The average Bonchev–Trinajstić information content (AvgIpc) is 2.71. The van der Waals surface area contributed by atoms with Gasteiger partial charge in [-0.05, 0) is 12.8 Å². The first-order valence-electron chi connectivity index (χ1n) is 4.87. The minimum absolute atomic E-state index is 0.696. The number of anilines is 1. The van der Waals surface area contributed by atoms with E-state index in [-0.39, 0.29) is 0 Å². The zero-order valence-electron chi connectivity index (χ0n) is 7.94. The predicted octanol–water partition coefficient (Wildman–Crippen LogP) is 2.31. The van der Waals surface area contributed by atoms with Crippen LogP contribution in [-0.2, 0) is 0 Å². The minimum Gasteiger partial charge on any atom is -0.347 e. The van der Waals surface area contributed by atoms with Crippen LogP contribution in [0, 0.1) is 0 Å². The van der Waals surface area contributed by atoms with E-state index in [0.29, 0.717) is 6.04 Å². The summed E-state index contributed by atoms with van der Waals surface area (Å²) < 4.78 is 0. The van der Waals surface area contributed by atoms with E-state index in [0.717, 1.165) is 5.13 Å². The summed E-state index contributed by atoms with van der Waals surface area (Å²) >= 11 is 1.63. The molecule has 0 radical (unpaired) electrons. The SMILES string of the molecule is CN(c1nncs1)C1CCCCC1. The number of rotatable bonds is 2. The first kappa shape index (κ1) is 8.94. The fourth-order valence-corrected chi connectivity index (χ4v) is 2.54. The maximum Gasteiger partial charge on any atom is 0.208 e. The summed E-state index contributed by atoms with van der Waals surface area (Å²) in [6.45, 7) is 0. The third-order valence-electron chi connectivity index (χ3n) is 2.77. The van der Waals surface area contributed by atoms with E-state index in [4.69, 9.17) is 0 Å². The van der Waals surface area contributed by atoms with Crippen molar-refractivity contribution in [3.05, 3.63) is 5.51 Å². The van der Waals surface area contributed by atoms with Crippen LogP contribution in [0.2, 0.25) is 0 Å². The Kier molecular flexibility index (Phi) is 2.78. The lowest BCUT2D eigenvalue weighted by Crippen LogP contribution is -2.33. The van der Waals surface area contributed by atoms with Gasteiger partial charge >= 0.3 is 0 Å². The van der Waals surface area contributed by atoms with E-state index in [1.165, 1.54) is 32.1 Å². The van der Waals surface area contributed by atoms with Gasteiger partial charge in [-0.1, -0.05) is 30.6 Å². The van der Waals surface area contributed by atoms with Crippen molar-refractivity contribution in [1.82, 2.24) is 10.2 Å². The molecule has 0 atom stereocenters. The second-order valence-corrected chi connectivity index (χ2v) is 4.44. The quantitative estimate of drug-likeness (QED) is 0.728. The monoisotopic (exact) mass is 197 g/mol. The highest BCUT2D eigenvalue weighted by Gasteiger charge is 2.19. The first-order valence-corrected chi connectivity index (χ1v) is 5.75. The van der Waals surface area contributed by atoms with E-state index in [1.807, 2.05) is 0 Å². The molecule has 0 saturated heterocycles. The molecule has 13 heavy (non-hydrogen) atoms. The minimum atomic E-state index is 0.696. The molecule has 3 nitrogen and oxygen atoms in total. The van der Waals surface area contributed by atoms with Gasteiger partial charge in [0.15, 0.2) is 0 Å². The van der Waals surface area contributed by atoms with Gasteiger partial charge in [0.2, 0.25) is 5.13 Å². The maximum atomic E-state index is 4.09. The normalized spacial score (nSPS) is 18.8. The van der Waals surface area contributed by atoms with Crippen molar-refractivity contribution in [3.63, 3.8) is 0 Å². The highest BCUT2D eigenvalue weighted by atomic mass is 32.1. The Morgan fingerprint density at radius 3 is 2.77 bits per heavy atom. The van der Waals surface area contributed by atoms with Gasteiger partial charge in [0, 0.05) is 13.1 Å². The summed E-state index contributed by atoms with van der Waals surface area (Å²) in [6, 6.07) is 0.696. The predicted molar refractivity (Wildman–Crippen MR) is 55.2 cm³/mol. The molecular formula is C9H15N3S. The first-order chi connectivity index (χ1) is 6.38. The molecule has 1 heterocycles. The lowest BCUT2D eigenvalue weighted by atomic mass is 9.95. The molecule has 1 aromatic rings. The maximum absolute atomic E-state index is 4.09. The second-order valence-electron chi connectivity index (χ2n) is 3.62. The topological polar surface area (TPSA) is 29.0 Å². The number of nitrogens with zero attached hydrogens (tertiary/aromatic N) is 3. The molecule has 72 valence electrons. The molecule has 0 bridgehead atoms. The van der Waals surface area contributed by atoms with Crippen LogP contribution in [0.25, 0.3) is 0 Å². The van der Waals surface area contributed by atoms with E-state index in [2.05, 4.69) is 22.1 Å². The van der Waals surface area contributed by atoms with Crippen molar-refractivity contribution in [2.45, 2.75) is 38.1 Å². The summed E-state index contributed by atoms with van der Waals surface area (Å²) in [7, 11) is 2.14. The molecule has 0 amide bonds. The Balaban J connectivity index is 1.99. The van der Waals surface area contributed by atoms with E-state index < -0.39 is 0 Å². The van der Waals surface area contributed by atoms with Crippen molar-refractivity contribution in [2.75, 3.05) is 11.9 Å². The summed E-state index contributed by atoms with van der Waals surface area (Å²) in [6.07, 6.45) is 6.77. The molecule has 0 aliphatic heterocycles. The van der Waals surface area contributed by atoms with Crippen LogP contribution in [0.1, 0.15) is 32.1 Å². The highest BCUT2D eigenvalue weighted by Crippen LogP contribution is 2.26. The van der Waals surface area contributed by atoms with Gasteiger partial charge in [-0.2, -0.15) is 0 Å². The van der Waals surface area contributed by atoms with Crippen molar-refractivity contribution in [1.29, 1.82) is 0 Å². The average molecular weight is 197 g/mol. The molecule has 4 heteroatoms. The van der Waals surface area contributed by atoms with Crippen LogP contribution in [0.5, 0.6) is 0 Å². The third kappa shape index (κ3) is 1.99. The Morgan fingerprint density at radius 2 is 2.15 bits per heavy atom. The van der Waals surface area contributed by atoms with Gasteiger partial charge in [0.1, 0.15) is 5.51 Å². The number of hydrogen-bond acceptors (Lipinski definition) is 4. The van der Waals surface area contributed by atoms with Crippen molar-refractivity contribution in [2.24, 2.45) is 0 Å². The summed E-state index contributed by atoms with van der Waals surface area (Å²) in [5.74, 6) is 0. The molecule has 1 fully saturated rings. The Labute approximate surface area is 82.8 Å². The standard InChI is InChI=1S/C9H15N3S/c1-12(9-11-10-7-13-9)8-5-3-2-4-6-8/h7-8H,2-6H2,1H3. The van der Waals surface area contributed by atoms with Crippen LogP contribution < -0.4 is 4.90 Å². The highest BCUT2D eigenvalue weighted by molar-refractivity contribution is 7.13. The Bertz CT molecular complexity index is 241. The molecule has 0 spiro atoms. The van der Waals surface area contributed by atoms with Gasteiger partial charge in [-0.15, -0.1) is 10.2 Å². The molecule has 2 rings (SSSR count). The van der Waals surface area contributed by atoms with Crippen LogP contribution in [-0.4, -0.2) is 23.3 Å². The van der Waals surface area contributed by atoms with Crippen LogP contribution >= 0.6 is 11.3 Å². The Hall–Kier alpha value is -0.640. The van der Waals surface area contributed by atoms with Crippen molar-refractivity contribution >= 4 is 16.5 Å². The smallest absolute Gasteiger partial charge is 0.208 e. The molecule has 1 aromatic heterocycles. The summed E-state index contributed by atoms with van der Waals surface area (Å²) in [5, 5.41) is 9.01. The molecule has 1 saturated carbocycles. The van der Waals surface area contributed by atoms with Gasteiger partial charge in [0.25, 0.3) is 0 Å². The lowest BCUT2D eigenvalue weighted by Gasteiger charge is -2.30. The lowest BCUT2D eigenvalue weighted by molar-refractivity contribution is 0.427. The van der Waals surface area contributed by atoms with Crippen molar-refractivity contribution < 1.29 is 0 Å². The van der Waals surface area contributed by atoms with Crippen LogP contribution in [0.15, 0.2) is 5.51 Å². The fraction of sp³-hybridized carbons (Fsp3) is 0.778. The molecular weight excluding hydrogens is 182 g/mol. The molecule has 1 aliphatic rings. The van der Waals surface area contributed by atoms with Gasteiger partial charge in [-0.3, -0.25) is 0 Å². The van der Waals surface area contributed by atoms with E-state index in [9.17, 15) is 0 Å². The van der Waals surface area contributed by atoms with Gasteiger partial charge < -0.3 is 4.90 Å². The Morgan fingerprint density at radius 1 is 1.38 bits per heavy atom. The molecule has 0 unspecified atom stereocenters. The third-order valence-corrected chi connectivity index (χ3v) is 3.55. The van der Waals surface area contributed by atoms with E-state index >= 15 is 0 Å². The molecule has 1 aliphatic carbocycles. The number of aromatic nitrogens is 2. The fourth-order valence-electron chi connectivity index (χ4n) is 1.95. The van der Waals surface area contributed by atoms with Crippen molar-refractivity contribution in [3.8, 4) is 0 Å².